The summed E-state index contributed by atoms with van der Waals surface area (Å²) < 4.78 is 6.77. The first-order chi connectivity index (χ1) is 8.79. The number of alkyl halides is 1. The van der Waals surface area contributed by atoms with Crippen LogP contribution in [0.4, 0.5) is 0 Å². The second kappa shape index (κ2) is 6.12. The zero-order valence-corrected chi connectivity index (χ0v) is 10.4. The summed E-state index contributed by atoms with van der Waals surface area (Å²) in [6, 6.07) is 9.17. The van der Waals surface area contributed by atoms with Crippen LogP contribution in [0.3, 0.4) is 0 Å². The van der Waals surface area contributed by atoms with Gasteiger partial charge in [0, 0.05) is 5.56 Å². The fourth-order valence-electron chi connectivity index (χ4n) is 1.52. The molecule has 92 valence electrons. The first-order valence-corrected chi connectivity index (χ1v) is 5.95. The van der Waals surface area contributed by atoms with Crippen LogP contribution in [0.15, 0.2) is 48.9 Å². The van der Waals surface area contributed by atoms with Crippen molar-refractivity contribution < 1.29 is 14.1 Å². The highest BCUT2D eigenvalue weighted by atomic mass is 35.5. The molecule has 0 fully saturated rings. The number of ketones is 1. The minimum absolute atomic E-state index is 0.0311. The van der Waals surface area contributed by atoms with Crippen molar-refractivity contribution in [2.24, 2.45) is 0 Å². The Kier molecular flexibility index (Phi) is 4.25. The van der Waals surface area contributed by atoms with E-state index in [1.165, 1.54) is 0 Å². The van der Waals surface area contributed by atoms with E-state index in [0.717, 1.165) is 0 Å². The maximum absolute atomic E-state index is 12.0. The van der Waals surface area contributed by atoms with E-state index in [-0.39, 0.29) is 18.4 Å². The Labute approximate surface area is 110 Å². The summed E-state index contributed by atoms with van der Waals surface area (Å²) in [5, 5.41) is 0. The van der Waals surface area contributed by atoms with Crippen molar-refractivity contribution >= 4 is 17.4 Å². The topological polar surface area (TPSA) is 43.1 Å². The molecule has 0 aliphatic carbocycles. The number of rotatable bonds is 5. The van der Waals surface area contributed by atoms with Crippen LogP contribution >= 0.6 is 11.6 Å². The number of hydrogen-bond acceptors (Lipinski definition) is 3. The van der Waals surface area contributed by atoms with Gasteiger partial charge in [-0.3, -0.25) is 4.79 Å². The number of carbonyl (C=O) groups excluding carboxylic acids is 1. The van der Waals surface area contributed by atoms with Crippen molar-refractivity contribution in [2.75, 3.05) is 6.07 Å². The second-order valence-corrected chi connectivity index (χ2v) is 3.83. The molecule has 2 rings (SSSR count). The van der Waals surface area contributed by atoms with E-state index >= 15 is 0 Å². The average molecular weight is 264 g/mol. The van der Waals surface area contributed by atoms with Crippen molar-refractivity contribution in [1.29, 1.82) is 0 Å². The molecule has 0 saturated heterocycles. The summed E-state index contributed by atoms with van der Waals surface area (Å²) in [5.74, 6) is 0.428. The first kappa shape index (κ1) is 12.5. The number of hydrogen-bond donors (Lipinski definition) is 0. The van der Waals surface area contributed by atoms with E-state index in [9.17, 15) is 4.79 Å². The van der Waals surface area contributed by atoms with Gasteiger partial charge in [-0.1, -0.05) is 41.9 Å². The van der Waals surface area contributed by atoms with Crippen LogP contribution < -0.4 is 9.30 Å². The van der Waals surface area contributed by atoms with Gasteiger partial charge in [-0.2, -0.15) is 4.57 Å². The number of aromatic nitrogens is 2. The molecule has 2 aromatic rings. The lowest BCUT2D eigenvalue weighted by atomic mass is 10.1. The van der Waals surface area contributed by atoms with Crippen LogP contribution in [-0.2, 0) is 6.54 Å². The minimum atomic E-state index is 0.0311. The van der Waals surface area contributed by atoms with Crippen LogP contribution in [0.2, 0.25) is 0 Å². The Morgan fingerprint density at radius 3 is 2.83 bits per heavy atom. The summed E-state index contributed by atoms with van der Waals surface area (Å²) in [7, 11) is 0. The van der Waals surface area contributed by atoms with Crippen molar-refractivity contribution in [1.82, 2.24) is 4.98 Å². The molecule has 0 amide bonds. The largest absolute Gasteiger partial charge is 0.457 e. The van der Waals surface area contributed by atoms with Gasteiger partial charge in [-0.15, -0.1) is 0 Å². The van der Waals surface area contributed by atoms with E-state index in [4.69, 9.17) is 16.3 Å². The first-order valence-electron chi connectivity index (χ1n) is 5.41. The van der Waals surface area contributed by atoms with Gasteiger partial charge in [-0.05, 0) is 0 Å². The Hall–Kier alpha value is -1.94. The van der Waals surface area contributed by atoms with Crippen molar-refractivity contribution in [3.63, 3.8) is 0 Å². The maximum atomic E-state index is 12.0. The van der Waals surface area contributed by atoms with E-state index in [1.807, 2.05) is 18.2 Å². The Bertz CT molecular complexity index is 532. The van der Waals surface area contributed by atoms with E-state index < -0.39 is 0 Å². The van der Waals surface area contributed by atoms with Crippen molar-refractivity contribution in [3.8, 4) is 5.88 Å². The van der Waals surface area contributed by atoms with E-state index in [0.29, 0.717) is 11.4 Å². The molecule has 0 unspecified atom stereocenters. The minimum Gasteiger partial charge on any atom is -0.457 e. The van der Waals surface area contributed by atoms with E-state index in [1.54, 1.807) is 35.3 Å². The van der Waals surface area contributed by atoms with Crippen LogP contribution in [0, 0.1) is 0 Å². The van der Waals surface area contributed by atoms with Gasteiger partial charge in [0.2, 0.25) is 18.5 Å². The van der Waals surface area contributed by atoms with Gasteiger partial charge >= 0.3 is 0 Å². The number of benzene rings is 1. The lowest BCUT2D eigenvalue weighted by molar-refractivity contribution is -0.684. The highest BCUT2D eigenvalue weighted by Crippen LogP contribution is 2.02. The summed E-state index contributed by atoms with van der Waals surface area (Å²) >= 11 is 5.45. The number of nitrogens with zero attached hydrogens (tertiary/aromatic N) is 2. The molecular formula is C13H12ClN2O2+. The predicted octanol–water partition coefficient (Wildman–Crippen LogP) is 1.83. The summed E-state index contributed by atoms with van der Waals surface area (Å²) in [5.41, 5.74) is 0.682. The molecule has 5 heteroatoms. The molecule has 1 heterocycles. The molecule has 0 aliphatic rings. The third-order valence-corrected chi connectivity index (χ3v) is 2.47. The number of ether oxygens (including phenoxy) is 1. The molecule has 1 aromatic heterocycles. The summed E-state index contributed by atoms with van der Waals surface area (Å²) in [6.45, 7) is 0.241. The van der Waals surface area contributed by atoms with Crippen LogP contribution in [0.25, 0.3) is 0 Å². The van der Waals surface area contributed by atoms with Gasteiger partial charge < -0.3 is 4.74 Å². The molecular weight excluding hydrogens is 252 g/mol. The summed E-state index contributed by atoms with van der Waals surface area (Å²) in [4.78, 5) is 15.9. The monoisotopic (exact) mass is 263 g/mol. The lowest BCUT2D eigenvalue weighted by Gasteiger charge is -2.00. The molecule has 0 N–H and O–H groups in total. The van der Waals surface area contributed by atoms with Gasteiger partial charge in [0.15, 0.2) is 12.3 Å². The Balaban J connectivity index is 2.10. The van der Waals surface area contributed by atoms with Gasteiger partial charge in [0.1, 0.15) is 0 Å². The zero-order valence-electron chi connectivity index (χ0n) is 9.62. The highest BCUT2D eigenvalue weighted by Gasteiger charge is 2.12. The second-order valence-electron chi connectivity index (χ2n) is 3.61. The molecule has 0 aliphatic heterocycles. The van der Waals surface area contributed by atoms with Crippen molar-refractivity contribution in [3.05, 3.63) is 54.5 Å². The normalized spacial score (nSPS) is 10.1. The average Bonchev–Trinajstić information content (AvgIpc) is 2.40. The summed E-state index contributed by atoms with van der Waals surface area (Å²) in [6.07, 6.45) is 4.92. The molecule has 0 bridgehead atoms. The van der Waals surface area contributed by atoms with Crippen molar-refractivity contribution in [2.45, 2.75) is 6.54 Å². The number of carbonyl (C=O) groups is 1. The molecule has 1 aromatic carbocycles. The van der Waals surface area contributed by atoms with Crippen LogP contribution in [0.1, 0.15) is 10.4 Å². The van der Waals surface area contributed by atoms with Gasteiger partial charge in [0.05, 0.1) is 6.20 Å². The van der Waals surface area contributed by atoms with Crippen LogP contribution in [-0.4, -0.2) is 16.8 Å². The quantitative estimate of drug-likeness (QED) is 0.470. The van der Waals surface area contributed by atoms with Gasteiger partial charge in [0.25, 0.3) is 5.88 Å². The standard InChI is InChI=1S/C13H12ClN2O2/c14-10-18-13-9-16(7-6-15-13)8-12(17)11-4-2-1-3-5-11/h1-7,9H,8,10H2/q+1. The van der Waals surface area contributed by atoms with E-state index in [2.05, 4.69) is 4.98 Å². The zero-order chi connectivity index (χ0) is 12.8. The van der Waals surface area contributed by atoms with Crippen LogP contribution in [0.5, 0.6) is 5.88 Å². The number of halogens is 1. The maximum Gasteiger partial charge on any atom is 0.281 e. The van der Waals surface area contributed by atoms with Gasteiger partial charge in [-0.25, -0.2) is 4.98 Å². The number of Topliss-reactive ketones (excluding diaryl/α,β-unsaturated/α-hetero) is 1. The molecule has 0 radical (unpaired) electrons. The predicted molar refractivity (Wildman–Crippen MR) is 66.6 cm³/mol. The highest BCUT2D eigenvalue weighted by molar-refractivity contribution is 6.17. The smallest absolute Gasteiger partial charge is 0.281 e. The molecule has 4 nitrogen and oxygen atoms in total. The Morgan fingerprint density at radius 2 is 2.11 bits per heavy atom. The fourth-order valence-corrected chi connectivity index (χ4v) is 1.63. The lowest BCUT2D eigenvalue weighted by Crippen LogP contribution is -2.37. The SMILES string of the molecule is O=C(C[n+]1ccnc(OCCl)c1)c1ccccc1. The molecule has 0 atom stereocenters. The fraction of sp³-hybridized carbons (Fsp3) is 0.154. The molecule has 0 saturated carbocycles. The third-order valence-electron chi connectivity index (χ3n) is 2.36. The molecule has 0 spiro atoms. The molecule has 18 heavy (non-hydrogen) atoms. The third kappa shape index (κ3) is 3.28. The Morgan fingerprint density at radius 1 is 1.33 bits per heavy atom.